The molecule has 0 radical (unpaired) electrons. The Balaban J connectivity index is 2.55. The van der Waals surface area contributed by atoms with Crippen molar-refractivity contribution in [2.75, 3.05) is 13.1 Å². The highest BCUT2D eigenvalue weighted by molar-refractivity contribution is 5.69. The van der Waals surface area contributed by atoms with Crippen molar-refractivity contribution in [3.05, 3.63) is 30.1 Å². The van der Waals surface area contributed by atoms with Crippen LogP contribution in [0, 0.1) is 5.92 Å². The van der Waals surface area contributed by atoms with Gasteiger partial charge in [0, 0.05) is 25.5 Å². The second-order valence-electron chi connectivity index (χ2n) is 5.04. The van der Waals surface area contributed by atoms with E-state index in [1.54, 1.807) is 13.1 Å². The summed E-state index contributed by atoms with van der Waals surface area (Å²) in [5.74, 6) is -1.06. The molecule has 0 bridgehead atoms. The molecule has 1 rings (SSSR count). The SMILES string of the molecule is CCCCCN(Cc1cccnc1)CC(C)C(=O)O. The van der Waals surface area contributed by atoms with E-state index in [9.17, 15) is 4.79 Å². The summed E-state index contributed by atoms with van der Waals surface area (Å²) < 4.78 is 0. The molecule has 1 aromatic heterocycles. The summed E-state index contributed by atoms with van der Waals surface area (Å²) in [5, 5.41) is 9.03. The second kappa shape index (κ2) is 8.64. The van der Waals surface area contributed by atoms with Crippen LogP contribution in [0.5, 0.6) is 0 Å². The van der Waals surface area contributed by atoms with Crippen molar-refractivity contribution in [1.82, 2.24) is 9.88 Å². The number of hydrogen-bond acceptors (Lipinski definition) is 3. The third-order valence-corrected chi connectivity index (χ3v) is 3.16. The normalized spacial score (nSPS) is 12.6. The lowest BCUT2D eigenvalue weighted by atomic mass is 10.1. The minimum absolute atomic E-state index is 0.335. The number of aromatic nitrogens is 1. The number of pyridine rings is 1. The van der Waals surface area contributed by atoms with Crippen LogP contribution in [-0.2, 0) is 11.3 Å². The molecule has 1 heterocycles. The number of nitrogens with zero attached hydrogens (tertiary/aromatic N) is 2. The number of hydrogen-bond donors (Lipinski definition) is 1. The third kappa shape index (κ3) is 6.34. The third-order valence-electron chi connectivity index (χ3n) is 3.16. The zero-order chi connectivity index (χ0) is 14.1. The molecule has 0 spiro atoms. The topological polar surface area (TPSA) is 53.4 Å². The van der Waals surface area contributed by atoms with Gasteiger partial charge < -0.3 is 5.11 Å². The number of rotatable bonds is 9. The van der Waals surface area contributed by atoms with Gasteiger partial charge in [-0.1, -0.05) is 32.8 Å². The lowest BCUT2D eigenvalue weighted by Gasteiger charge is -2.24. The van der Waals surface area contributed by atoms with E-state index < -0.39 is 5.97 Å². The van der Waals surface area contributed by atoms with Crippen LogP contribution in [-0.4, -0.2) is 34.0 Å². The minimum atomic E-state index is -0.730. The van der Waals surface area contributed by atoms with Crippen LogP contribution in [0.25, 0.3) is 0 Å². The maximum atomic E-state index is 11.0. The first-order chi connectivity index (χ1) is 9.13. The van der Waals surface area contributed by atoms with Gasteiger partial charge in [0.2, 0.25) is 0 Å². The Morgan fingerprint density at radius 3 is 2.84 bits per heavy atom. The van der Waals surface area contributed by atoms with Crippen LogP contribution < -0.4 is 0 Å². The van der Waals surface area contributed by atoms with Gasteiger partial charge in [0.25, 0.3) is 0 Å². The molecule has 0 aliphatic rings. The van der Waals surface area contributed by atoms with Gasteiger partial charge >= 0.3 is 5.97 Å². The fraction of sp³-hybridized carbons (Fsp3) is 0.600. The molecule has 0 fully saturated rings. The van der Waals surface area contributed by atoms with Crippen LogP contribution in [0.3, 0.4) is 0 Å². The predicted molar refractivity (Wildman–Crippen MR) is 75.8 cm³/mol. The summed E-state index contributed by atoms with van der Waals surface area (Å²) in [6.45, 7) is 6.24. The Kier molecular flexibility index (Phi) is 7.11. The van der Waals surface area contributed by atoms with Crippen LogP contribution in [0.2, 0.25) is 0 Å². The molecular weight excluding hydrogens is 240 g/mol. The molecule has 1 atom stereocenters. The number of carbonyl (C=O) groups is 1. The lowest BCUT2D eigenvalue weighted by molar-refractivity contribution is -0.141. The lowest BCUT2D eigenvalue weighted by Crippen LogP contribution is -2.32. The van der Waals surface area contributed by atoms with Gasteiger partial charge in [-0.15, -0.1) is 0 Å². The van der Waals surface area contributed by atoms with E-state index in [-0.39, 0.29) is 5.92 Å². The molecule has 0 saturated heterocycles. The molecule has 4 nitrogen and oxygen atoms in total. The van der Waals surface area contributed by atoms with Gasteiger partial charge in [-0.25, -0.2) is 0 Å². The van der Waals surface area contributed by atoms with Crippen LogP contribution in [0.4, 0.5) is 0 Å². The highest BCUT2D eigenvalue weighted by Gasteiger charge is 2.16. The summed E-state index contributed by atoms with van der Waals surface area (Å²) >= 11 is 0. The first-order valence-electron chi connectivity index (χ1n) is 6.97. The molecule has 4 heteroatoms. The number of carboxylic acids is 1. The molecular formula is C15H24N2O2. The van der Waals surface area contributed by atoms with Crippen molar-refractivity contribution in [2.24, 2.45) is 5.92 Å². The summed E-state index contributed by atoms with van der Waals surface area (Å²) in [7, 11) is 0. The Hall–Kier alpha value is -1.42. The maximum absolute atomic E-state index is 11.0. The van der Waals surface area contributed by atoms with Crippen molar-refractivity contribution in [2.45, 2.75) is 39.7 Å². The van der Waals surface area contributed by atoms with E-state index in [4.69, 9.17) is 5.11 Å². The Bertz CT molecular complexity index is 368. The fourth-order valence-electron chi connectivity index (χ4n) is 2.04. The van der Waals surface area contributed by atoms with E-state index in [2.05, 4.69) is 16.8 Å². The zero-order valence-corrected chi connectivity index (χ0v) is 11.9. The molecule has 0 aliphatic carbocycles. The Morgan fingerprint density at radius 1 is 1.47 bits per heavy atom. The molecule has 1 aromatic rings. The smallest absolute Gasteiger partial charge is 0.307 e. The molecule has 1 unspecified atom stereocenters. The second-order valence-corrected chi connectivity index (χ2v) is 5.04. The largest absolute Gasteiger partial charge is 0.481 e. The van der Waals surface area contributed by atoms with Crippen molar-refractivity contribution < 1.29 is 9.90 Å². The average molecular weight is 264 g/mol. The Morgan fingerprint density at radius 2 is 2.26 bits per heavy atom. The quantitative estimate of drug-likeness (QED) is 0.697. The summed E-state index contributed by atoms with van der Waals surface area (Å²) in [6, 6.07) is 3.95. The summed E-state index contributed by atoms with van der Waals surface area (Å²) in [4.78, 5) is 17.3. The van der Waals surface area contributed by atoms with Crippen molar-refractivity contribution >= 4 is 5.97 Å². The molecule has 19 heavy (non-hydrogen) atoms. The van der Waals surface area contributed by atoms with Gasteiger partial charge in [-0.3, -0.25) is 14.7 Å². The first kappa shape index (κ1) is 15.6. The first-order valence-corrected chi connectivity index (χ1v) is 6.97. The van der Waals surface area contributed by atoms with Gasteiger partial charge in [-0.05, 0) is 24.6 Å². The molecule has 0 aliphatic heterocycles. The summed E-state index contributed by atoms with van der Waals surface area (Å²) in [5.41, 5.74) is 1.14. The fourth-order valence-corrected chi connectivity index (χ4v) is 2.04. The summed E-state index contributed by atoms with van der Waals surface area (Å²) in [6.07, 6.45) is 7.08. The van der Waals surface area contributed by atoms with E-state index in [0.717, 1.165) is 25.1 Å². The van der Waals surface area contributed by atoms with Crippen molar-refractivity contribution in [3.8, 4) is 0 Å². The predicted octanol–water partition coefficient (Wildman–Crippen LogP) is 2.79. The number of aliphatic carboxylic acids is 1. The standard InChI is InChI=1S/C15H24N2O2/c1-3-4-5-9-17(11-13(2)15(18)19)12-14-7-6-8-16-10-14/h6-8,10,13H,3-5,9,11-12H2,1-2H3,(H,18,19). The highest BCUT2D eigenvalue weighted by atomic mass is 16.4. The van der Waals surface area contributed by atoms with E-state index >= 15 is 0 Å². The van der Waals surface area contributed by atoms with Crippen molar-refractivity contribution in [1.29, 1.82) is 0 Å². The molecule has 106 valence electrons. The van der Waals surface area contributed by atoms with Crippen LogP contribution >= 0.6 is 0 Å². The number of carboxylic acid groups (broad SMARTS) is 1. The molecule has 0 amide bonds. The highest BCUT2D eigenvalue weighted by Crippen LogP contribution is 2.09. The van der Waals surface area contributed by atoms with Crippen LogP contribution in [0.1, 0.15) is 38.7 Å². The monoisotopic (exact) mass is 264 g/mol. The minimum Gasteiger partial charge on any atom is -0.481 e. The molecule has 1 N–H and O–H groups in total. The molecule has 0 aromatic carbocycles. The molecule has 0 saturated carbocycles. The maximum Gasteiger partial charge on any atom is 0.307 e. The van der Waals surface area contributed by atoms with Gasteiger partial charge in [0.1, 0.15) is 0 Å². The van der Waals surface area contributed by atoms with E-state index in [1.807, 2.05) is 18.3 Å². The van der Waals surface area contributed by atoms with E-state index in [1.165, 1.54) is 12.8 Å². The Labute approximate surface area is 115 Å². The van der Waals surface area contributed by atoms with Crippen LogP contribution in [0.15, 0.2) is 24.5 Å². The van der Waals surface area contributed by atoms with Crippen molar-refractivity contribution in [3.63, 3.8) is 0 Å². The van der Waals surface area contributed by atoms with Gasteiger partial charge in [-0.2, -0.15) is 0 Å². The van der Waals surface area contributed by atoms with Gasteiger partial charge in [0.15, 0.2) is 0 Å². The van der Waals surface area contributed by atoms with E-state index in [0.29, 0.717) is 6.54 Å². The average Bonchev–Trinajstić information content (AvgIpc) is 2.40. The zero-order valence-electron chi connectivity index (χ0n) is 11.9. The van der Waals surface area contributed by atoms with Gasteiger partial charge in [0.05, 0.1) is 5.92 Å². The number of unbranched alkanes of at least 4 members (excludes halogenated alkanes) is 2.